The number of hydrogen-bond donors (Lipinski definition) is 0. The molecule has 1 saturated heterocycles. The van der Waals surface area contributed by atoms with E-state index in [9.17, 15) is 9.59 Å². The first kappa shape index (κ1) is 26.6. The molecular weight excluding hydrogens is 440 g/mol. The van der Waals surface area contributed by atoms with Crippen LogP contribution in [0.25, 0.3) is 11.1 Å². The highest BCUT2D eigenvalue weighted by Gasteiger charge is 2.41. The van der Waals surface area contributed by atoms with E-state index in [1.54, 1.807) is 31.1 Å². The SMILES string of the molecule is CCCCCCCCN1C(=O)[C@H](Cc2ccc(-c3cc(OC)cc(OC)c3)cc2)N(C)C(=O)[C@@H]1C. The highest BCUT2D eigenvalue weighted by atomic mass is 16.5. The Labute approximate surface area is 210 Å². The molecule has 1 fully saturated rings. The van der Waals surface area contributed by atoms with Gasteiger partial charge in [0.15, 0.2) is 0 Å². The molecule has 0 N–H and O–H groups in total. The van der Waals surface area contributed by atoms with Crippen LogP contribution in [0.5, 0.6) is 11.5 Å². The third-order valence-electron chi connectivity index (χ3n) is 7.03. The quantitative estimate of drug-likeness (QED) is 0.385. The molecule has 0 aromatic heterocycles. The molecule has 1 heterocycles. The Morgan fingerprint density at radius 2 is 1.40 bits per heavy atom. The van der Waals surface area contributed by atoms with Crippen molar-refractivity contribution in [1.29, 1.82) is 0 Å². The molecule has 190 valence electrons. The Hall–Kier alpha value is -3.02. The number of rotatable bonds is 12. The second kappa shape index (κ2) is 12.6. The van der Waals surface area contributed by atoms with Crippen LogP contribution in [0.1, 0.15) is 57.9 Å². The number of unbranched alkanes of at least 4 members (excludes halogenated alkanes) is 5. The molecule has 0 aliphatic carbocycles. The molecule has 0 bridgehead atoms. The van der Waals surface area contributed by atoms with Crippen LogP contribution in [0.2, 0.25) is 0 Å². The fourth-order valence-corrected chi connectivity index (χ4v) is 4.75. The van der Waals surface area contributed by atoms with Gasteiger partial charge in [0.2, 0.25) is 11.8 Å². The smallest absolute Gasteiger partial charge is 0.246 e. The summed E-state index contributed by atoms with van der Waals surface area (Å²) >= 11 is 0. The average molecular weight is 481 g/mol. The second-order valence-corrected chi connectivity index (χ2v) is 9.44. The predicted molar refractivity (Wildman–Crippen MR) is 140 cm³/mol. The molecule has 0 radical (unpaired) electrons. The Kier molecular flexibility index (Phi) is 9.58. The topological polar surface area (TPSA) is 59.1 Å². The van der Waals surface area contributed by atoms with Gasteiger partial charge in [-0.1, -0.05) is 63.3 Å². The summed E-state index contributed by atoms with van der Waals surface area (Å²) in [4.78, 5) is 29.7. The Morgan fingerprint density at radius 1 is 0.800 bits per heavy atom. The molecule has 6 nitrogen and oxygen atoms in total. The summed E-state index contributed by atoms with van der Waals surface area (Å²) in [6.07, 6.45) is 7.45. The number of methoxy groups -OCH3 is 2. The van der Waals surface area contributed by atoms with Crippen molar-refractivity contribution in [2.45, 2.75) is 70.9 Å². The summed E-state index contributed by atoms with van der Waals surface area (Å²) in [7, 11) is 5.02. The maximum Gasteiger partial charge on any atom is 0.246 e. The van der Waals surface area contributed by atoms with E-state index in [1.165, 1.54) is 25.7 Å². The van der Waals surface area contributed by atoms with Gasteiger partial charge in [0.1, 0.15) is 23.6 Å². The van der Waals surface area contributed by atoms with Crippen LogP contribution in [-0.2, 0) is 16.0 Å². The number of benzene rings is 2. The number of nitrogens with zero attached hydrogens (tertiary/aromatic N) is 2. The van der Waals surface area contributed by atoms with Crippen molar-refractivity contribution in [1.82, 2.24) is 9.80 Å². The summed E-state index contributed by atoms with van der Waals surface area (Å²) < 4.78 is 10.8. The second-order valence-electron chi connectivity index (χ2n) is 9.44. The fraction of sp³-hybridized carbons (Fsp3) is 0.517. The van der Waals surface area contributed by atoms with E-state index >= 15 is 0 Å². The first-order valence-corrected chi connectivity index (χ1v) is 12.8. The van der Waals surface area contributed by atoms with Crippen LogP contribution < -0.4 is 9.47 Å². The van der Waals surface area contributed by atoms with E-state index in [4.69, 9.17) is 9.47 Å². The van der Waals surface area contributed by atoms with Crippen LogP contribution in [-0.4, -0.2) is 61.5 Å². The number of ether oxygens (including phenoxy) is 2. The zero-order valence-corrected chi connectivity index (χ0v) is 21.9. The molecule has 0 unspecified atom stereocenters. The number of carbonyl (C=O) groups is 2. The molecule has 0 saturated carbocycles. The minimum absolute atomic E-state index is 0.0145. The van der Waals surface area contributed by atoms with Gasteiger partial charge in [0.25, 0.3) is 0 Å². The van der Waals surface area contributed by atoms with E-state index in [-0.39, 0.29) is 11.8 Å². The summed E-state index contributed by atoms with van der Waals surface area (Å²) in [5, 5.41) is 0. The first-order chi connectivity index (χ1) is 16.9. The van der Waals surface area contributed by atoms with E-state index in [0.29, 0.717) is 13.0 Å². The Morgan fingerprint density at radius 3 is 2.00 bits per heavy atom. The molecule has 3 rings (SSSR count). The zero-order chi connectivity index (χ0) is 25.4. The number of hydrogen-bond acceptors (Lipinski definition) is 4. The molecule has 2 aromatic carbocycles. The van der Waals surface area contributed by atoms with E-state index in [1.807, 2.05) is 49.4 Å². The van der Waals surface area contributed by atoms with E-state index in [0.717, 1.165) is 41.0 Å². The van der Waals surface area contributed by atoms with E-state index in [2.05, 4.69) is 6.92 Å². The molecule has 1 aliphatic rings. The Bertz CT molecular complexity index is 966. The van der Waals surface area contributed by atoms with Crippen LogP contribution in [0.3, 0.4) is 0 Å². The van der Waals surface area contributed by atoms with Crippen molar-refractivity contribution >= 4 is 11.8 Å². The molecule has 2 amide bonds. The van der Waals surface area contributed by atoms with Crippen molar-refractivity contribution in [3.63, 3.8) is 0 Å². The van der Waals surface area contributed by atoms with Gasteiger partial charge in [-0.05, 0) is 42.2 Å². The van der Waals surface area contributed by atoms with E-state index < -0.39 is 12.1 Å². The minimum Gasteiger partial charge on any atom is -0.497 e. The number of carbonyl (C=O) groups excluding carboxylic acids is 2. The highest BCUT2D eigenvalue weighted by Crippen LogP contribution is 2.30. The highest BCUT2D eigenvalue weighted by molar-refractivity contribution is 5.96. The van der Waals surface area contributed by atoms with Gasteiger partial charge < -0.3 is 19.3 Å². The standard InChI is InChI=1S/C29H40N2O4/c1-6-7-8-9-10-11-16-31-21(2)28(32)30(3)27(29(31)33)17-22-12-14-23(15-13-22)24-18-25(34-4)20-26(19-24)35-5/h12-15,18-21,27H,6-11,16-17H2,1-5H3/t21-,27-/m0/s1. The van der Waals surface area contributed by atoms with Gasteiger partial charge >= 0.3 is 0 Å². The monoisotopic (exact) mass is 480 g/mol. The molecular formula is C29H40N2O4. The lowest BCUT2D eigenvalue weighted by Crippen LogP contribution is -2.63. The molecule has 2 atom stereocenters. The van der Waals surface area contributed by atoms with Gasteiger partial charge in [-0.15, -0.1) is 0 Å². The summed E-state index contributed by atoms with van der Waals surface area (Å²) in [6, 6.07) is 13.0. The third-order valence-corrected chi connectivity index (χ3v) is 7.03. The molecule has 6 heteroatoms. The maximum absolute atomic E-state index is 13.4. The van der Waals surface area contributed by atoms with Gasteiger partial charge in [-0.3, -0.25) is 9.59 Å². The molecule has 1 aliphatic heterocycles. The van der Waals surface area contributed by atoms with Crippen molar-refractivity contribution in [2.24, 2.45) is 0 Å². The minimum atomic E-state index is -0.471. The predicted octanol–water partition coefficient (Wildman–Crippen LogP) is 5.33. The summed E-state index contributed by atoms with van der Waals surface area (Å²) in [5.41, 5.74) is 3.05. The van der Waals surface area contributed by atoms with Gasteiger partial charge in [0.05, 0.1) is 14.2 Å². The molecule has 2 aromatic rings. The van der Waals surface area contributed by atoms with Crippen molar-refractivity contribution in [3.8, 4) is 22.6 Å². The average Bonchev–Trinajstić information content (AvgIpc) is 2.89. The molecule has 35 heavy (non-hydrogen) atoms. The van der Waals surface area contributed by atoms with Crippen LogP contribution >= 0.6 is 0 Å². The van der Waals surface area contributed by atoms with Crippen LogP contribution in [0, 0.1) is 0 Å². The Balaban J connectivity index is 1.69. The summed E-state index contributed by atoms with van der Waals surface area (Å²) in [5.74, 6) is 1.53. The lowest BCUT2D eigenvalue weighted by molar-refractivity contribution is -0.159. The lowest BCUT2D eigenvalue weighted by atomic mass is 9.96. The maximum atomic E-state index is 13.4. The fourth-order valence-electron chi connectivity index (χ4n) is 4.75. The third kappa shape index (κ3) is 6.56. The van der Waals surface area contributed by atoms with Crippen LogP contribution in [0.4, 0.5) is 0 Å². The number of amides is 2. The van der Waals surface area contributed by atoms with Crippen molar-refractivity contribution < 1.29 is 19.1 Å². The lowest BCUT2D eigenvalue weighted by Gasteiger charge is -2.42. The van der Waals surface area contributed by atoms with Gasteiger partial charge in [0, 0.05) is 26.1 Å². The van der Waals surface area contributed by atoms with Crippen molar-refractivity contribution in [2.75, 3.05) is 27.8 Å². The zero-order valence-electron chi connectivity index (χ0n) is 21.9. The first-order valence-electron chi connectivity index (χ1n) is 12.8. The number of piperazine rings is 1. The van der Waals surface area contributed by atoms with Gasteiger partial charge in [-0.25, -0.2) is 0 Å². The number of likely N-dealkylation sites (N-methyl/N-ethyl adjacent to an activating group) is 1. The van der Waals surface area contributed by atoms with Gasteiger partial charge in [-0.2, -0.15) is 0 Å². The normalized spacial score (nSPS) is 18.2. The van der Waals surface area contributed by atoms with Crippen LogP contribution in [0.15, 0.2) is 42.5 Å². The largest absolute Gasteiger partial charge is 0.497 e. The summed E-state index contributed by atoms with van der Waals surface area (Å²) in [6.45, 7) is 4.71. The molecule has 0 spiro atoms. The van der Waals surface area contributed by atoms with Crippen molar-refractivity contribution in [3.05, 3.63) is 48.0 Å².